The van der Waals surface area contributed by atoms with Crippen LogP contribution in [0.4, 0.5) is 0 Å². The maximum absolute atomic E-state index is 5.35. The minimum absolute atomic E-state index is 0.190. The second-order valence-corrected chi connectivity index (χ2v) is 8.81. The third kappa shape index (κ3) is 6.91. The van der Waals surface area contributed by atoms with Crippen molar-refractivity contribution in [3.8, 4) is 0 Å². The molecular weight excluding hydrogens is 213 g/mol. The normalized spacial score (nSPS) is 7.71. The summed E-state index contributed by atoms with van der Waals surface area (Å²) in [5, 5.41) is 0.190. The van der Waals surface area contributed by atoms with Gasteiger partial charge in [-0.3, -0.25) is 0 Å². The second kappa shape index (κ2) is 3.85. The molecule has 0 saturated carbocycles. The first-order valence-corrected chi connectivity index (χ1v) is 9.45. The molecule has 0 bridgehead atoms. The van der Waals surface area contributed by atoms with Crippen molar-refractivity contribution in [2.75, 3.05) is 0 Å². The van der Waals surface area contributed by atoms with E-state index in [4.69, 9.17) is 25.0 Å². The van der Waals surface area contributed by atoms with Gasteiger partial charge in [0.05, 0.1) is 0 Å². The van der Waals surface area contributed by atoms with Crippen molar-refractivity contribution in [1.82, 2.24) is 4.02 Å². The molecule has 6 heteroatoms. The summed E-state index contributed by atoms with van der Waals surface area (Å²) in [5.41, 5.74) is 4.99. The molecule has 0 saturated heterocycles. The van der Waals surface area contributed by atoms with Crippen LogP contribution in [0.25, 0.3) is 0 Å². The topological polar surface area (TPSA) is 38.0 Å². The van der Waals surface area contributed by atoms with Crippen LogP contribution in [0.5, 0.6) is 0 Å². The van der Waals surface area contributed by atoms with E-state index in [1.807, 2.05) is 0 Å². The molecule has 0 spiro atoms. The molecule has 0 aromatic heterocycles. The van der Waals surface area contributed by atoms with Crippen LogP contribution in [0.2, 0.25) is 0 Å². The molecule has 0 rings (SSSR count). The molecular formula is CH3Cl2GaN2S. The van der Waals surface area contributed by atoms with E-state index < -0.39 is 14.5 Å². The molecule has 0 aliphatic carbocycles. The van der Waals surface area contributed by atoms with Crippen LogP contribution < -0.4 is 9.76 Å². The van der Waals surface area contributed by atoms with Gasteiger partial charge in [-0.2, -0.15) is 0 Å². The van der Waals surface area contributed by atoms with Gasteiger partial charge in [0.25, 0.3) is 0 Å². The Morgan fingerprint density at radius 3 is 2.14 bits per heavy atom. The molecule has 0 fully saturated rings. The Bertz CT molecular complexity index is 76.1. The molecule has 0 aromatic rings. The van der Waals surface area contributed by atoms with E-state index in [1.54, 1.807) is 0 Å². The van der Waals surface area contributed by atoms with Gasteiger partial charge in [-0.25, -0.2) is 0 Å². The van der Waals surface area contributed by atoms with Crippen molar-refractivity contribution < 1.29 is 0 Å². The summed E-state index contributed by atoms with van der Waals surface area (Å²) >= 11 is 2.23. The summed E-state index contributed by atoms with van der Waals surface area (Å²) < 4.78 is 2.53. The van der Waals surface area contributed by atoms with Gasteiger partial charge in [-0.1, -0.05) is 0 Å². The Kier molecular flexibility index (Phi) is 4.35. The number of hydrogen-bond acceptors (Lipinski definition) is 1. The molecule has 7 heavy (non-hydrogen) atoms. The van der Waals surface area contributed by atoms with Crippen molar-refractivity contribution in [2.24, 2.45) is 5.73 Å². The van der Waals surface area contributed by atoms with Crippen LogP contribution in [-0.4, -0.2) is 19.6 Å². The van der Waals surface area contributed by atoms with Crippen LogP contribution in [0.15, 0.2) is 0 Å². The zero-order valence-electron chi connectivity index (χ0n) is 3.32. The first kappa shape index (κ1) is 7.91. The first-order valence-electron chi connectivity index (χ1n) is 1.47. The Morgan fingerprint density at radius 2 is 2.14 bits per heavy atom. The standard InChI is InChI=1S/CH4N2S.2ClH.Ga/c2-1(3)4;;;/h(H4,2,3,4);2*1H;/q;;;+3/p-3. The molecule has 0 radical (unpaired) electrons. The zero-order chi connectivity index (χ0) is 5.86. The second-order valence-electron chi connectivity index (χ2n) is 0.809. The fourth-order valence-corrected chi connectivity index (χ4v) is 3.07. The molecule has 0 aliphatic rings. The van der Waals surface area contributed by atoms with Gasteiger partial charge in [0.1, 0.15) is 0 Å². The van der Waals surface area contributed by atoms with Crippen LogP contribution in [0.1, 0.15) is 0 Å². The summed E-state index contributed by atoms with van der Waals surface area (Å²) in [6.45, 7) is 0. The van der Waals surface area contributed by atoms with E-state index >= 15 is 0 Å². The van der Waals surface area contributed by atoms with Gasteiger partial charge < -0.3 is 0 Å². The quantitative estimate of drug-likeness (QED) is 0.488. The summed E-state index contributed by atoms with van der Waals surface area (Å²) in [4.78, 5) is 0. The number of thiocarbonyl (C=S) groups is 1. The first-order chi connectivity index (χ1) is 3.13. The number of rotatable bonds is 1. The van der Waals surface area contributed by atoms with E-state index in [9.17, 15) is 0 Å². The number of nitrogens with two attached hydrogens (primary N) is 1. The predicted molar refractivity (Wildman–Crippen MR) is 37.4 cm³/mol. The third-order valence-corrected chi connectivity index (χ3v) is 3.05. The van der Waals surface area contributed by atoms with Crippen molar-refractivity contribution in [2.45, 2.75) is 0 Å². The van der Waals surface area contributed by atoms with E-state index in [2.05, 4.69) is 16.2 Å². The van der Waals surface area contributed by atoms with Crippen LogP contribution >= 0.6 is 31.5 Å². The third-order valence-electron chi connectivity index (χ3n) is 0.251. The summed E-state index contributed by atoms with van der Waals surface area (Å²) in [6, 6.07) is 0. The summed E-state index contributed by atoms with van der Waals surface area (Å²) in [5.74, 6) is 0. The van der Waals surface area contributed by atoms with Gasteiger partial charge in [0.15, 0.2) is 0 Å². The Hall–Kier alpha value is 0.906. The summed E-state index contributed by atoms with van der Waals surface area (Å²) in [6.07, 6.45) is 0. The van der Waals surface area contributed by atoms with Gasteiger partial charge in [0, 0.05) is 0 Å². The monoisotopic (exact) mass is 214 g/mol. The van der Waals surface area contributed by atoms with Gasteiger partial charge in [0.2, 0.25) is 0 Å². The van der Waals surface area contributed by atoms with Crippen molar-refractivity contribution in [3.05, 3.63) is 0 Å². The average Bonchev–Trinajstić information content (AvgIpc) is 1.27. The van der Waals surface area contributed by atoms with Gasteiger partial charge in [-0.15, -0.1) is 0 Å². The Labute approximate surface area is 60.7 Å². The van der Waals surface area contributed by atoms with Gasteiger partial charge in [-0.05, 0) is 0 Å². The van der Waals surface area contributed by atoms with Crippen molar-refractivity contribution >= 4 is 51.1 Å². The zero-order valence-corrected chi connectivity index (χ0v) is 8.07. The molecule has 2 nitrogen and oxygen atoms in total. The van der Waals surface area contributed by atoms with Gasteiger partial charge >= 0.3 is 60.8 Å². The minimum atomic E-state index is -2.19. The number of hydrogen-bond donors (Lipinski definition) is 2. The van der Waals surface area contributed by atoms with Crippen LogP contribution in [-0.2, 0) is 0 Å². The van der Waals surface area contributed by atoms with Crippen molar-refractivity contribution in [3.63, 3.8) is 0 Å². The molecule has 0 unspecified atom stereocenters. The molecule has 40 valence electrons. The van der Waals surface area contributed by atoms with E-state index in [1.165, 1.54) is 0 Å². The fourth-order valence-electron chi connectivity index (χ4n) is 0.108. The molecule has 0 atom stereocenters. The summed E-state index contributed by atoms with van der Waals surface area (Å²) in [7, 11) is 10.7. The molecule has 0 aromatic carbocycles. The van der Waals surface area contributed by atoms with Crippen molar-refractivity contribution in [1.29, 1.82) is 0 Å². The average molecular weight is 216 g/mol. The number of nitrogens with one attached hydrogen (secondary N) is 1. The molecule has 0 heterocycles. The number of halogens is 2. The Morgan fingerprint density at radius 1 is 1.71 bits per heavy atom. The Balaban J connectivity index is 3.13. The van der Waals surface area contributed by atoms with Crippen LogP contribution in [0.3, 0.4) is 0 Å². The van der Waals surface area contributed by atoms with Crippen LogP contribution in [0, 0.1) is 0 Å². The molecule has 0 amide bonds. The fraction of sp³-hybridized carbons (Fsp3) is 0. The molecule has 3 N–H and O–H groups in total. The van der Waals surface area contributed by atoms with E-state index in [-0.39, 0.29) is 5.11 Å². The predicted octanol–water partition coefficient (Wildman–Crippen LogP) is 0.282. The maximum atomic E-state index is 5.35. The van der Waals surface area contributed by atoms with E-state index in [0.717, 1.165) is 0 Å². The van der Waals surface area contributed by atoms with E-state index in [0.29, 0.717) is 0 Å². The molecule has 0 aliphatic heterocycles. The SMILES string of the molecule is NC(=S)[NH][Ga]([Cl])[Cl].